The number of nitrogens with zero attached hydrogens (tertiary/aromatic N) is 1. The van der Waals surface area contributed by atoms with Crippen molar-refractivity contribution in [1.29, 1.82) is 0 Å². The highest BCUT2D eigenvalue weighted by molar-refractivity contribution is 6.72. The molecule has 1 heterocycles. The molecular formula is C16H28N2OSi. The molecule has 1 aromatic rings. The van der Waals surface area contributed by atoms with E-state index in [2.05, 4.69) is 48.3 Å². The molecule has 1 aliphatic heterocycles. The molecule has 0 bridgehead atoms. The Morgan fingerprint density at radius 3 is 2.20 bits per heavy atom. The summed E-state index contributed by atoms with van der Waals surface area (Å²) in [6.07, 6.45) is 0.949. The number of anilines is 1. The van der Waals surface area contributed by atoms with Gasteiger partial charge in [0.25, 0.3) is 0 Å². The summed E-state index contributed by atoms with van der Waals surface area (Å²) in [5.74, 6) is 0. The third-order valence-electron chi connectivity index (χ3n) is 4.72. The maximum atomic E-state index is 10.4. The second-order valence-electron chi connectivity index (χ2n) is 7.02. The Morgan fingerprint density at radius 2 is 1.70 bits per heavy atom. The lowest BCUT2D eigenvalue weighted by Gasteiger charge is -2.35. The second-order valence-corrected chi connectivity index (χ2v) is 11.5. The predicted molar refractivity (Wildman–Crippen MR) is 89.0 cm³/mol. The van der Waals surface area contributed by atoms with Crippen molar-refractivity contribution in [3.05, 3.63) is 29.8 Å². The van der Waals surface area contributed by atoms with Gasteiger partial charge >= 0.3 is 0 Å². The van der Waals surface area contributed by atoms with Crippen LogP contribution in [-0.2, 0) is 6.42 Å². The summed E-state index contributed by atoms with van der Waals surface area (Å²) in [6, 6.07) is 8.89. The molecule has 0 aromatic heterocycles. The van der Waals surface area contributed by atoms with E-state index in [4.69, 9.17) is 0 Å². The summed E-state index contributed by atoms with van der Waals surface area (Å²) in [7, 11) is -2.13. The van der Waals surface area contributed by atoms with E-state index in [0.717, 1.165) is 32.6 Å². The normalized spacial score (nSPS) is 17.4. The number of rotatable bonds is 4. The molecular weight excluding hydrogens is 264 g/mol. The van der Waals surface area contributed by atoms with E-state index in [1.54, 1.807) is 0 Å². The van der Waals surface area contributed by atoms with Gasteiger partial charge in [0.2, 0.25) is 0 Å². The lowest BCUT2D eigenvalue weighted by Crippen LogP contribution is -2.43. The molecule has 1 fully saturated rings. The first-order chi connectivity index (χ1) is 9.29. The third-order valence-corrected chi connectivity index (χ3v) is 8.21. The van der Waals surface area contributed by atoms with Crippen LogP contribution < -0.4 is 10.2 Å². The number of benzene rings is 1. The molecule has 0 amide bonds. The molecule has 0 aliphatic carbocycles. The maximum absolute atomic E-state index is 10.4. The summed E-state index contributed by atoms with van der Waals surface area (Å²) < 4.78 is 0. The molecule has 2 rings (SSSR count). The Bertz CT molecular complexity index is 431. The minimum atomic E-state index is -2.13. The van der Waals surface area contributed by atoms with Crippen molar-refractivity contribution < 1.29 is 4.80 Å². The summed E-state index contributed by atoms with van der Waals surface area (Å²) in [4.78, 5) is 12.8. The van der Waals surface area contributed by atoms with Crippen molar-refractivity contribution in [3.8, 4) is 0 Å². The van der Waals surface area contributed by atoms with Crippen LogP contribution in [0.25, 0.3) is 0 Å². The molecule has 1 aliphatic rings. The molecule has 0 atom stereocenters. The van der Waals surface area contributed by atoms with Crippen molar-refractivity contribution in [2.45, 2.75) is 38.4 Å². The van der Waals surface area contributed by atoms with Crippen molar-refractivity contribution in [2.24, 2.45) is 0 Å². The first-order valence-corrected chi connectivity index (χ1v) is 10.5. The van der Waals surface area contributed by atoms with Crippen molar-refractivity contribution in [1.82, 2.24) is 5.32 Å². The van der Waals surface area contributed by atoms with Gasteiger partial charge in [-0.15, -0.1) is 0 Å². The fraction of sp³-hybridized carbons (Fsp3) is 0.625. The number of piperazine rings is 1. The second kappa shape index (κ2) is 5.88. The van der Waals surface area contributed by atoms with E-state index >= 15 is 0 Å². The zero-order valence-electron chi connectivity index (χ0n) is 13.2. The van der Waals surface area contributed by atoms with Gasteiger partial charge < -0.3 is 15.0 Å². The summed E-state index contributed by atoms with van der Waals surface area (Å²) >= 11 is 0. The van der Waals surface area contributed by atoms with Gasteiger partial charge in [-0.1, -0.05) is 26.0 Å². The van der Waals surface area contributed by atoms with E-state index in [9.17, 15) is 4.80 Å². The SMILES string of the molecule is CC(C)(Cc1ccc(N2CCNCC2)cc1)[Si](C)(C)O. The van der Waals surface area contributed by atoms with Gasteiger partial charge in [0.1, 0.15) is 0 Å². The van der Waals surface area contributed by atoms with Crippen molar-refractivity contribution in [3.63, 3.8) is 0 Å². The van der Waals surface area contributed by atoms with Crippen molar-refractivity contribution >= 4 is 14.0 Å². The minimum Gasteiger partial charge on any atom is -0.432 e. The van der Waals surface area contributed by atoms with Crippen LogP contribution in [0.4, 0.5) is 5.69 Å². The average molecular weight is 292 g/mol. The molecule has 2 N–H and O–H groups in total. The lowest BCUT2D eigenvalue weighted by molar-refractivity contribution is 0.467. The molecule has 0 spiro atoms. The Labute approximate surface area is 124 Å². The molecule has 112 valence electrons. The van der Waals surface area contributed by atoms with E-state index < -0.39 is 8.32 Å². The van der Waals surface area contributed by atoms with Crippen LogP contribution >= 0.6 is 0 Å². The Balaban J connectivity index is 2.05. The highest BCUT2D eigenvalue weighted by Gasteiger charge is 2.37. The first-order valence-electron chi connectivity index (χ1n) is 7.57. The van der Waals surface area contributed by atoms with Gasteiger partial charge in [-0.2, -0.15) is 0 Å². The monoisotopic (exact) mass is 292 g/mol. The summed E-state index contributed by atoms with van der Waals surface area (Å²) in [5, 5.41) is 3.38. The molecule has 0 saturated carbocycles. The van der Waals surface area contributed by atoms with Crippen LogP contribution in [0.5, 0.6) is 0 Å². The molecule has 20 heavy (non-hydrogen) atoms. The van der Waals surface area contributed by atoms with Crippen LogP contribution in [0.1, 0.15) is 19.4 Å². The molecule has 1 saturated heterocycles. The quantitative estimate of drug-likeness (QED) is 0.838. The van der Waals surface area contributed by atoms with E-state index in [1.165, 1.54) is 11.3 Å². The molecule has 4 heteroatoms. The van der Waals surface area contributed by atoms with Crippen LogP contribution in [-0.4, -0.2) is 39.3 Å². The zero-order chi connectivity index (χ0) is 14.8. The van der Waals surface area contributed by atoms with Gasteiger partial charge in [0, 0.05) is 31.9 Å². The highest BCUT2D eigenvalue weighted by Crippen LogP contribution is 2.38. The van der Waals surface area contributed by atoms with Crippen LogP contribution in [0.3, 0.4) is 0 Å². The molecule has 0 unspecified atom stereocenters. The molecule has 0 radical (unpaired) electrons. The predicted octanol–water partition coefficient (Wildman–Crippen LogP) is 2.62. The topological polar surface area (TPSA) is 35.5 Å². The first kappa shape index (κ1) is 15.5. The Morgan fingerprint density at radius 1 is 1.15 bits per heavy atom. The van der Waals surface area contributed by atoms with Gasteiger partial charge in [0.05, 0.1) is 0 Å². The van der Waals surface area contributed by atoms with Crippen LogP contribution in [0.2, 0.25) is 18.1 Å². The molecule has 3 nitrogen and oxygen atoms in total. The fourth-order valence-corrected chi connectivity index (χ4v) is 3.11. The fourth-order valence-electron chi connectivity index (χ4n) is 2.47. The van der Waals surface area contributed by atoms with E-state index in [0.29, 0.717) is 0 Å². The standard InChI is InChI=1S/C16H28N2OSi/c1-16(2,20(3,4)19)13-14-5-7-15(8-6-14)18-11-9-17-10-12-18/h5-8,17,19H,9-13H2,1-4H3. The van der Waals surface area contributed by atoms with E-state index in [-0.39, 0.29) is 5.04 Å². The van der Waals surface area contributed by atoms with Gasteiger partial charge in [-0.3, -0.25) is 0 Å². The van der Waals surface area contributed by atoms with Gasteiger partial charge in [0.15, 0.2) is 8.32 Å². The minimum absolute atomic E-state index is 0.00353. The Kier molecular flexibility index (Phi) is 4.57. The van der Waals surface area contributed by atoms with E-state index in [1.807, 2.05) is 13.1 Å². The summed E-state index contributed by atoms with van der Waals surface area (Å²) in [6.45, 7) is 12.7. The molecule has 1 aromatic carbocycles. The smallest absolute Gasteiger partial charge is 0.188 e. The lowest BCUT2D eigenvalue weighted by atomic mass is 10.0. The van der Waals surface area contributed by atoms with Crippen LogP contribution in [0, 0.1) is 0 Å². The van der Waals surface area contributed by atoms with Crippen molar-refractivity contribution in [2.75, 3.05) is 31.1 Å². The number of nitrogens with one attached hydrogen (secondary N) is 1. The van der Waals surface area contributed by atoms with Gasteiger partial charge in [-0.25, -0.2) is 0 Å². The van der Waals surface area contributed by atoms with Gasteiger partial charge in [-0.05, 0) is 42.2 Å². The highest BCUT2D eigenvalue weighted by atomic mass is 28.4. The Hall–Kier alpha value is -0.843. The zero-order valence-corrected chi connectivity index (χ0v) is 14.2. The average Bonchev–Trinajstić information content (AvgIpc) is 2.39. The maximum Gasteiger partial charge on any atom is 0.188 e. The largest absolute Gasteiger partial charge is 0.432 e. The number of hydrogen-bond acceptors (Lipinski definition) is 3. The summed E-state index contributed by atoms with van der Waals surface area (Å²) in [5.41, 5.74) is 2.64. The van der Waals surface area contributed by atoms with Crippen LogP contribution in [0.15, 0.2) is 24.3 Å². The number of hydrogen-bond donors (Lipinski definition) is 2. The third kappa shape index (κ3) is 3.62.